The van der Waals surface area contributed by atoms with Crippen LogP contribution in [0.25, 0.3) is 0 Å². The average molecular weight is 488 g/mol. The third-order valence-corrected chi connectivity index (χ3v) is 7.32. The zero-order valence-electron chi connectivity index (χ0n) is 19.6. The topological polar surface area (TPSA) is 113 Å². The van der Waals surface area contributed by atoms with Gasteiger partial charge < -0.3 is 15.0 Å². The van der Waals surface area contributed by atoms with Gasteiger partial charge in [-0.15, -0.1) is 0 Å². The van der Waals surface area contributed by atoms with Crippen LogP contribution in [-0.4, -0.2) is 61.6 Å². The SMILES string of the molecule is COc1cccc(CN(C(=O)CN2C(=O)c3ccccc3S2(=O)=O)[C@H](C)C(=O)NCC(C)C)c1. The predicted molar refractivity (Wildman–Crippen MR) is 126 cm³/mol. The molecular formula is C24H29N3O6S. The van der Waals surface area contributed by atoms with E-state index in [1.54, 1.807) is 37.3 Å². The highest BCUT2D eigenvalue weighted by molar-refractivity contribution is 7.90. The number of fused-ring (bicyclic) bond motifs is 1. The third-order valence-electron chi connectivity index (χ3n) is 5.53. The maximum Gasteiger partial charge on any atom is 0.269 e. The summed E-state index contributed by atoms with van der Waals surface area (Å²) in [5.41, 5.74) is 0.715. The molecule has 34 heavy (non-hydrogen) atoms. The number of ether oxygens (including phenoxy) is 1. The Hall–Kier alpha value is -3.40. The van der Waals surface area contributed by atoms with Crippen LogP contribution in [0.5, 0.6) is 5.75 Å². The summed E-state index contributed by atoms with van der Waals surface area (Å²) >= 11 is 0. The number of hydrogen-bond acceptors (Lipinski definition) is 6. The van der Waals surface area contributed by atoms with E-state index in [0.717, 1.165) is 0 Å². The molecule has 0 saturated carbocycles. The molecule has 0 bridgehead atoms. The molecule has 0 fully saturated rings. The molecule has 9 nitrogen and oxygen atoms in total. The molecule has 182 valence electrons. The van der Waals surface area contributed by atoms with Gasteiger partial charge in [0.2, 0.25) is 11.8 Å². The van der Waals surface area contributed by atoms with Crippen molar-refractivity contribution < 1.29 is 27.5 Å². The summed E-state index contributed by atoms with van der Waals surface area (Å²) in [7, 11) is -2.64. The first-order chi connectivity index (χ1) is 16.1. The average Bonchev–Trinajstić information content (AvgIpc) is 3.01. The Kier molecular flexibility index (Phi) is 7.61. The van der Waals surface area contributed by atoms with E-state index in [1.807, 2.05) is 13.8 Å². The van der Waals surface area contributed by atoms with E-state index in [2.05, 4.69) is 5.32 Å². The zero-order valence-corrected chi connectivity index (χ0v) is 20.5. The molecule has 2 aromatic rings. The van der Waals surface area contributed by atoms with Crippen LogP contribution in [0.2, 0.25) is 0 Å². The molecule has 0 aromatic heterocycles. The Balaban J connectivity index is 1.88. The minimum atomic E-state index is -4.16. The van der Waals surface area contributed by atoms with Gasteiger partial charge in [0, 0.05) is 13.1 Å². The standard InChI is InChI=1S/C24H29N3O6S/c1-16(2)13-25-23(29)17(3)26(14-18-8-7-9-19(12-18)33-4)22(28)15-27-24(30)20-10-5-6-11-21(20)34(27,31)32/h5-12,16-17H,13-15H2,1-4H3,(H,25,29)/t17-/m1/s1. The lowest BCUT2D eigenvalue weighted by atomic mass is 10.1. The number of sulfonamides is 1. The summed E-state index contributed by atoms with van der Waals surface area (Å²) in [5.74, 6) is -1.01. The summed E-state index contributed by atoms with van der Waals surface area (Å²) in [4.78, 5) is 40.1. The van der Waals surface area contributed by atoms with Crippen LogP contribution in [0, 0.1) is 5.92 Å². The van der Waals surface area contributed by atoms with Gasteiger partial charge in [0.05, 0.1) is 12.7 Å². The van der Waals surface area contributed by atoms with Crippen LogP contribution in [-0.2, 0) is 26.2 Å². The maximum absolute atomic E-state index is 13.4. The highest BCUT2D eigenvalue weighted by Crippen LogP contribution is 2.30. The van der Waals surface area contributed by atoms with Crippen molar-refractivity contribution in [1.29, 1.82) is 0 Å². The summed E-state index contributed by atoms with van der Waals surface area (Å²) in [5, 5.41) is 2.80. The molecule has 0 radical (unpaired) electrons. The van der Waals surface area contributed by atoms with Gasteiger partial charge in [0.1, 0.15) is 23.2 Å². The van der Waals surface area contributed by atoms with Crippen molar-refractivity contribution in [2.24, 2.45) is 5.92 Å². The van der Waals surface area contributed by atoms with Gasteiger partial charge in [-0.2, -0.15) is 0 Å². The fraction of sp³-hybridized carbons (Fsp3) is 0.375. The van der Waals surface area contributed by atoms with E-state index in [1.165, 1.54) is 30.2 Å². The number of nitrogens with zero attached hydrogens (tertiary/aromatic N) is 2. The van der Waals surface area contributed by atoms with E-state index in [9.17, 15) is 22.8 Å². The number of methoxy groups -OCH3 is 1. The molecule has 0 spiro atoms. The van der Waals surface area contributed by atoms with E-state index < -0.39 is 34.4 Å². The Morgan fingerprint density at radius 3 is 2.44 bits per heavy atom. The summed E-state index contributed by atoms with van der Waals surface area (Å²) in [6.45, 7) is 5.22. The highest BCUT2D eigenvalue weighted by atomic mass is 32.2. The lowest BCUT2D eigenvalue weighted by Gasteiger charge is -2.30. The molecule has 3 amide bonds. The zero-order chi connectivity index (χ0) is 25.0. The number of nitrogens with one attached hydrogen (secondary N) is 1. The second kappa shape index (κ2) is 10.3. The van der Waals surface area contributed by atoms with Crippen molar-refractivity contribution >= 4 is 27.7 Å². The van der Waals surface area contributed by atoms with Gasteiger partial charge in [0.25, 0.3) is 15.9 Å². The first kappa shape index (κ1) is 25.2. The van der Waals surface area contributed by atoms with Crippen LogP contribution < -0.4 is 10.1 Å². The van der Waals surface area contributed by atoms with E-state index in [0.29, 0.717) is 22.2 Å². The molecule has 0 aliphatic carbocycles. The van der Waals surface area contributed by atoms with E-state index >= 15 is 0 Å². The smallest absolute Gasteiger partial charge is 0.269 e. The first-order valence-electron chi connectivity index (χ1n) is 10.9. The van der Waals surface area contributed by atoms with Crippen molar-refractivity contribution in [3.05, 3.63) is 59.7 Å². The monoisotopic (exact) mass is 487 g/mol. The number of hydrogen-bond donors (Lipinski definition) is 1. The lowest BCUT2D eigenvalue weighted by Crippen LogP contribution is -2.51. The van der Waals surface area contributed by atoms with Crippen LogP contribution >= 0.6 is 0 Å². The Bertz CT molecular complexity index is 1190. The molecule has 0 unspecified atom stereocenters. The fourth-order valence-electron chi connectivity index (χ4n) is 3.60. The fourth-order valence-corrected chi connectivity index (χ4v) is 5.12. The molecule has 1 aliphatic rings. The number of rotatable bonds is 9. The molecule has 1 aliphatic heterocycles. The Morgan fingerprint density at radius 2 is 1.79 bits per heavy atom. The third kappa shape index (κ3) is 5.22. The summed E-state index contributed by atoms with van der Waals surface area (Å²) in [6.07, 6.45) is 0. The molecule has 3 rings (SSSR count). The first-order valence-corrected chi connectivity index (χ1v) is 12.4. The van der Waals surface area contributed by atoms with Crippen molar-refractivity contribution in [3.63, 3.8) is 0 Å². The Morgan fingerprint density at radius 1 is 1.09 bits per heavy atom. The molecule has 1 atom stereocenters. The number of amides is 3. The summed E-state index contributed by atoms with van der Waals surface area (Å²) in [6, 6.07) is 11.9. The lowest BCUT2D eigenvalue weighted by molar-refractivity contribution is -0.140. The van der Waals surface area contributed by atoms with Crippen molar-refractivity contribution in [3.8, 4) is 5.75 Å². The van der Waals surface area contributed by atoms with Crippen LogP contribution in [0.15, 0.2) is 53.4 Å². The minimum Gasteiger partial charge on any atom is -0.497 e. The maximum atomic E-state index is 13.4. The van der Waals surface area contributed by atoms with Crippen LogP contribution in [0.4, 0.5) is 0 Å². The van der Waals surface area contributed by atoms with Crippen LogP contribution in [0.3, 0.4) is 0 Å². The molecule has 10 heteroatoms. The highest BCUT2D eigenvalue weighted by Gasteiger charge is 2.43. The van der Waals surface area contributed by atoms with E-state index in [4.69, 9.17) is 4.74 Å². The number of benzene rings is 2. The van der Waals surface area contributed by atoms with Crippen molar-refractivity contribution in [1.82, 2.24) is 14.5 Å². The predicted octanol–water partition coefficient (Wildman–Crippen LogP) is 2.03. The van der Waals surface area contributed by atoms with Gasteiger partial charge in [-0.25, -0.2) is 12.7 Å². The second-order valence-corrected chi connectivity index (χ2v) is 10.3. The van der Waals surface area contributed by atoms with Gasteiger partial charge in [-0.05, 0) is 42.7 Å². The largest absolute Gasteiger partial charge is 0.497 e. The van der Waals surface area contributed by atoms with Gasteiger partial charge in [-0.1, -0.05) is 38.1 Å². The number of carbonyl (C=O) groups excluding carboxylic acids is 3. The molecule has 1 N–H and O–H groups in total. The minimum absolute atomic E-state index is 0.0253. The van der Waals surface area contributed by atoms with Gasteiger partial charge >= 0.3 is 0 Å². The van der Waals surface area contributed by atoms with Gasteiger partial charge in [-0.3, -0.25) is 14.4 Å². The normalized spacial score (nSPS) is 15.1. The van der Waals surface area contributed by atoms with Crippen LogP contribution in [0.1, 0.15) is 36.7 Å². The van der Waals surface area contributed by atoms with Crippen molar-refractivity contribution in [2.75, 3.05) is 20.2 Å². The number of carbonyl (C=O) groups is 3. The molecular weight excluding hydrogens is 458 g/mol. The van der Waals surface area contributed by atoms with Crippen molar-refractivity contribution in [2.45, 2.75) is 38.3 Å². The van der Waals surface area contributed by atoms with E-state index in [-0.39, 0.29) is 28.8 Å². The second-order valence-electron chi connectivity index (χ2n) is 8.50. The molecule has 1 heterocycles. The molecule has 2 aromatic carbocycles. The Labute approximate surface area is 199 Å². The summed E-state index contributed by atoms with van der Waals surface area (Å²) < 4.78 is 31.6. The molecule has 0 saturated heterocycles. The quantitative estimate of drug-likeness (QED) is 0.579. The van der Waals surface area contributed by atoms with Gasteiger partial charge in [0.15, 0.2) is 0 Å².